The van der Waals surface area contributed by atoms with Crippen LogP contribution in [-0.2, 0) is 28.6 Å². The predicted octanol–water partition coefficient (Wildman–Crippen LogP) is 2.16. The zero-order chi connectivity index (χ0) is 18.5. The summed E-state index contributed by atoms with van der Waals surface area (Å²) in [6.45, 7) is 14.5. The minimum absolute atomic E-state index is 0.0783. The Morgan fingerprint density at radius 3 is 2.68 bits per heavy atom. The Kier molecular flexibility index (Phi) is 3.94. The highest BCUT2D eigenvalue weighted by Crippen LogP contribution is 2.44. The fraction of sp³-hybridized carbons (Fsp3) is 0.421. The van der Waals surface area contributed by atoms with Crippen LogP contribution >= 0.6 is 0 Å². The second-order valence-corrected chi connectivity index (χ2v) is 6.94. The molecule has 2 saturated heterocycles. The van der Waals surface area contributed by atoms with Crippen LogP contribution in [0.2, 0.25) is 0 Å². The molecular weight excluding hydrogens is 324 g/mol. The van der Waals surface area contributed by atoms with Crippen molar-refractivity contribution in [2.24, 2.45) is 5.92 Å². The molecule has 0 aliphatic carbocycles. The van der Waals surface area contributed by atoms with Crippen LogP contribution in [0.5, 0.6) is 0 Å². The van der Waals surface area contributed by atoms with Gasteiger partial charge in [-0.25, -0.2) is 9.59 Å². The van der Waals surface area contributed by atoms with Crippen molar-refractivity contribution in [3.63, 3.8) is 0 Å². The summed E-state index contributed by atoms with van der Waals surface area (Å²) in [6.07, 6.45) is 0.366. The average molecular weight is 344 g/mol. The van der Waals surface area contributed by atoms with Gasteiger partial charge in [0, 0.05) is 30.1 Å². The molecule has 0 spiro atoms. The van der Waals surface area contributed by atoms with Crippen molar-refractivity contribution in [3.8, 4) is 0 Å². The van der Waals surface area contributed by atoms with E-state index < -0.39 is 35.7 Å². The third kappa shape index (κ3) is 2.81. The lowest BCUT2D eigenvalue weighted by molar-refractivity contribution is -0.153. The quantitative estimate of drug-likeness (QED) is 0.564. The number of carbonyl (C=O) groups is 3. The molecule has 3 aliphatic heterocycles. The summed E-state index contributed by atoms with van der Waals surface area (Å²) >= 11 is 0. The third-order valence-corrected chi connectivity index (χ3v) is 4.84. The number of esters is 2. The van der Waals surface area contributed by atoms with Crippen molar-refractivity contribution in [3.05, 3.63) is 48.3 Å². The van der Waals surface area contributed by atoms with Gasteiger partial charge in [-0.05, 0) is 19.4 Å². The van der Waals surface area contributed by atoms with Gasteiger partial charge < -0.3 is 14.2 Å². The van der Waals surface area contributed by atoms with E-state index in [0.717, 1.165) is 0 Å². The smallest absolute Gasteiger partial charge is 0.334 e. The summed E-state index contributed by atoms with van der Waals surface area (Å²) in [6, 6.07) is 0. The zero-order valence-electron chi connectivity index (χ0n) is 14.3. The summed E-state index contributed by atoms with van der Waals surface area (Å²) in [5.41, 5.74) is -0.195. The fourth-order valence-corrected chi connectivity index (χ4v) is 3.40. The Labute approximate surface area is 145 Å². The molecule has 0 aromatic rings. The topological polar surface area (TPSA) is 78.9 Å². The Hall–Kier alpha value is -2.63. The first-order valence-electron chi connectivity index (χ1n) is 8.02. The molecule has 6 nitrogen and oxygen atoms in total. The minimum atomic E-state index is -1.20. The molecule has 2 fully saturated rings. The normalized spacial score (nSPS) is 34.2. The van der Waals surface area contributed by atoms with Gasteiger partial charge in [0.05, 0.1) is 5.92 Å². The van der Waals surface area contributed by atoms with E-state index in [2.05, 4.69) is 19.7 Å². The number of allylic oxidation sites excluding steroid dienone is 1. The molecule has 4 atom stereocenters. The summed E-state index contributed by atoms with van der Waals surface area (Å²) < 4.78 is 16.8. The maximum Gasteiger partial charge on any atom is 0.334 e. The number of ketones is 1. The maximum atomic E-state index is 12.4. The predicted molar refractivity (Wildman–Crippen MR) is 88.2 cm³/mol. The molecule has 132 valence electrons. The van der Waals surface area contributed by atoms with E-state index in [0.29, 0.717) is 11.3 Å². The van der Waals surface area contributed by atoms with Crippen LogP contribution < -0.4 is 0 Å². The van der Waals surface area contributed by atoms with Crippen molar-refractivity contribution in [2.45, 2.75) is 44.5 Å². The zero-order valence-corrected chi connectivity index (χ0v) is 14.3. The van der Waals surface area contributed by atoms with Gasteiger partial charge in [-0.2, -0.15) is 0 Å². The number of carbonyl (C=O) groups excluding carboxylic acids is 3. The Morgan fingerprint density at radius 2 is 2.04 bits per heavy atom. The standard InChI is InChI=1S/C19H20O6/c1-9(2)17(21)24-14-8-19(5)15(20)7-12(25-19)10(3)6-13-16(14)11(4)18(22)23-13/h7,13-14,16H,1,3-4,6,8H2,2,5H3/t13-,14-,16+,19-/m1/s1. The van der Waals surface area contributed by atoms with Gasteiger partial charge >= 0.3 is 11.9 Å². The molecule has 6 heteroatoms. The molecule has 0 amide bonds. The average Bonchev–Trinajstić information content (AvgIpc) is 2.96. The lowest BCUT2D eigenvalue weighted by Crippen LogP contribution is -2.43. The molecule has 0 aromatic heterocycles. The van der Waals surface area contributed by atoms with E-state index in [1.165, 1.54) is 13.0 Å². The molecule has 3 heterocycles. The highest BCUT2D eigenvalue weighted by atomic mass is 16.6. The molecule has 25 heavy (non-hydrogen) atoms. The number of fused-ring (bicyclic) bond motifs is 3. The molecule has 0 unspecified atom stereocenters. The number of rotatable bonds is 2. The van der Waals surface area contributed by atoms with Crippen LogP contribution in [0.25, 0.3) is 0 Å². The Bertz CT molecular complexity index is 758. The summed E-state index contributed by atoms with van der Waals surface area (Å²) in [7, 11) is 0. The molecule has 2 bridgehead atoms. The van der Waals surface area contributed by atoms with Gasteiger partial charge in [0.25, 0.3) is 0 Å². The minimum Gasteiger partial charge on any atom is -0.479 e. The first kappa shape index (κ1) is 17.2. The second-order valence-electron chi connectivity index (χ2n) is 6.94. The first-order valence-corrected chi connectivity index (χ1v) is 8.02. The van der Waals surface area contributed by atoms with E-state index in [-0.39, 0.29) is 29.8 Å². The monoisotopic (exact) mass is 344 g/mol. The van der Waals surface area contributed by atoms with Crippen molar-refractivity contribution in [1.29, 1.82) is 0 Å². The summed E-state index contributed by atoms with van der Waals surface area (Å²) in [4.78, 5) is 36.5. The molecule has 0 aromatic carbocycles. The number of hydrogen-bond acceptors (Lipinski definition) is 6. The molecule has 0 saturated carbocycles. The lowest BCUT2D eigenvalue weighted by Gasteiger charge is -2.31. The number of ether oxygens (including phenoxy) is 3. The van der Waals surface area contributed by atoms with E-state index in [4.69, 9.17) is 14.2 Å². The van der Waals surface area contributed by atoms with Gasteiger partial charge in [0.1, 0.15) is 18.0 Å². The highest BCUT2D eigenvalue weighted by molar-refractivity contribution is 6.00. The van der Waals surface area contributed by atoms with Crippen LogP contribution in [0.4, 0.5) is 0 Å². The summed E-state index contributed by atoms with van der Waals surface area (Å²) in [5.74, 6) is -1.54. The van der Waals surface area contributed by atoms with Crippen molar-refractivity contribution < 1.29 is 28.6 Å². The number of hydrogen-bond donors (Lipinski definition) is 0. The Morgan fingerprint density at radius 1 is 1.36 bits per heavy atom. The highest BCUT2D eigenvalue weighted by Gasteiger charge is 2.52. The second kappa shape index (κ2) is 5.72. The van der Waals surface area contributed by atoms with Crippen LogP contribution in [0.1, 0.15) is 26.7 Å². The van der Waals surface area contributed by atoms with Gasteiger partial charge in [0.15, 0.2) is 5.60 Å². The molecule has 0 radical (unpaired) electrons. The first-order chi connectivity index (χ1) is 11.6. The molecule has 3 rings (SSSR count). The maximum absolute atomic E-state index is 12.4. The van der Waals surface area contributed by atoms with Gasteiger partial charge in [-0.15, -0.1) is 0 Å². The third-order valence-electron chi connectivity index (χ3n) is 4.84. The molecule has 0 N–H and O–H groups in total. The molecule has 3 aliphatic rings. The lowest BCUT2D eigenvalue weighted by atomic mass is 9.81. The van der Waals surface area contributed by atoms with Gasteiger partial charge in [0.2, 0.25) is 5.78 Å². The van der Waals surface area contributed by atoms with Gasteiger partial charge in [-0.1, -0.05) is 19.7 Å². The molecular formula is C19H20O6. The van der Waals surface area contributed by atoms with E-state index in [1.54, 1.807) is 6.92 Å². The van der Waals surface area contributed by atoms with Crippen molar-refractivity contribution >= 4 is 17.7 Å². The van der Waals surface area contributed by atoms with Crippen LogP contribution in [0.3, 0.4) is 0 Å². The van der Waals surface area contributed by atoms with Crippen LogP contribution in [-0.4, -0.2) is 35.5 Å². The fourth-order valence-electron chi connectivity index (χ4n) is 3.40. The largest absolute Gasteiger partial charge is 0.479 e. The summed E-state index contributed by atoms with van der Waals surface area (Å²) in [5, 5.41) is 0. The van der Waals surface area contributed by atoms with Crippen molar-refractivity contribution in [1.82, 2.24) is 0 Å². The van der Waals surface area contributed by atoms with Crippen LogP contribution in [0, 0.1) is 5.92 Å². The Balaban J connectivity index is 2.03. The van der Waals surface area contributed by atoms with E-state index in [1.807, 2.05) is 0 Å². The van der Waals surface area contributed by atoms with E-state index >= 15 is 0 Å². The van der Waals surface area contributed by atoms with Crippen LogP contribution in [0.15, 0.2) is 48.3 Å². The van der Waals surface area contributed by atoms with E-state index in [9.17, 15) is 14.4 Å². The van der Waals surface area contributed by atoms with Gasteiger partial charge in [-0.3, -0.25) is 4.79 Å². The SMILES string of the molecule is C=C(C)C(=O)O[C@@H]1C[C@@]2(C)OC(=CC2=O)C(=C)C[C@H]2OC(=O)C(=C)[C@H]12. The van der Waals surface area contributed by atoms with Crippen molar-refractivity contribution in [2.75, 3.05) is 0 Å².